The van der Waals surface area contributed by atoms with Gasteiger partial charge in [-0.15, -0.1) is 0 Å². The summed E-state index contributed by atoms with van der Waals surface area (Å²) in [5.74, 6) is 3.70. The first kappa shape index (κ1) is 11.5. The number of thiol groups is 1. The number of hydrogen-bond acceptors (Lipinski definition) is 3. The molecule has 0 saturated heterocycles. The normalized spacial score (nSPS) is 9.20. The van der Waals surface area contributed by atoms with Crippen LogP contribution in [0.2, 0.25) is 0 Å². The number of halogens is 1. The van der Waals surface area contributed by atoms with Gasteiger partial charge in [-0.2, -0.15) is 17.0 Å². The number of hydrogen-bond donors (Lipinski definition) is 2. The van der Waals surface area contributed by atoms with Crippen molar-refractivity contribution in [3.63, 3.8) is 0 Å². The zero-order valence-corrected chi connectivity index (χ0v) is 8.59. The summed E-state index contributed by atoms with van der Waals surface area (Å²) in [6.07, 6.45) is 1.79. The van der Waals surface area contributed by atoms with E-state index in [1.165, 1.54) is 6.20 Å². The first-order valence-electron chi connectivity index (χ1n) is 4.13. The van der Waals surface area contributed by atoms with Crippen LogP contribution in [0.3, 0.4) is 0 Å². The van der Waals surface area contributed by atoms with E-state index >= 15 is 0 Å². The highest BCUT2D eigenvalue weighted by Gasteiger charge is 2.11. The number of carboxylic acid groups (broad SMARTS) is 1. The molecule has 1 aromatic rings. The molecular weight excluding hydrogens is 217 g/mol. The lowest BCUT2D eigenvalue weighted by Gasteiger charge is -1.96. The van der Waals surface area contributed by atoms with E-state index in [1.54, 1.807) is 0 Å². The van der Waals surface area contributed by atoms with Gasteiger partial charge in [0.05, 0.1) is 0 Å². The second kappa shape index (κ2) is 5.37. The smallest absolute Gasteiger partial charge is 0.340 e. The minimum Gasteiger partial charge on any atom is -0.478 e. The first-order chi connectivity index (χ1) is 7.15. The molecule has 0 atom stereocenters. The average molecular weight is 225 g/mol. The minimum atomic E-state index is -1.35. The number of carboxylic acids is 1. The molecule has 3 nitrogen and oxygen atoms in total. The van der Waals surface area contributed by atoms with Gasteiger partial charge in [0.15, 0.2) is 0 Å². The summed E-state index contributed by atoms with van der Waals surface area (Å²) in [5, 5.41) is 8.62. The number of aromatic carboxylic acids is 1. The van der Waals surface area contributed by atoms with Gasteiger partial charge in [-0.25, -0.2) is 9.78 Å². The van der Waals surface area contributed by atoms with Crippen molar-refractivity contribution in [2.24, 2.45) is 0 Å². The van der Waals surface area contributed by atoms with Gasteiger partial charge < -0.3 is 5.11 Å². The minimum absolute atomic E-state index is 0.385. The molecule has 15 heavy (non-hydrogen) atoms. The highest BCUT2D eigenvalue weighted by Crippen LogP contribution is 2.06. The Kier molecular flexibility index (Phi) is 4.13. The Balaban J connectivity index is 2.99. The van der Waals surface area contributed by atoms with E-state index < -0.39 is 17.5 Å². The fourth-order valence-corrected chi connectivity index (χ4v) is 0.999. The predicted molar refractivity (Wildman–Crippen MR) is 56.5 cm³/mol. The first-order valence-corrected chi connectivity index (χ1v) is 4.77. The summed E-state index contributed by atoms with van der Waals surface area (Å²) in [6, 6.07) is 1.16. The maximum atomic E-state index is 12.9. The molecule has 1 aromatic heterocycles. The van der Waals surface area contributed by atoms with E-state index in [9.17, 15) is 9.18 Å². The summed E-state index contributed by atoms with van der Waals surface area (Å²) in [5.41, 5.74) is -0.0803. The second-order valence-corrected chi connectivity index (χ2v) is 3.09. The topological polar surface area (TPSA) is 50.2 Å². The van der Waals surface area contributed by atoms with Crippen LogP contribution in [-0.4, -0.2) is 21.8 Å². The maximum Gasteiger partial charge on any atom is 0.340 e. The van der Waals surface area contributed by atoms with Gasteiger partial charge in [0.25, 0.3) is 0 Å². The molecule has 0 radical (unpaired) electrons. The molecule has 0 aromatic carbocycles. The highest BCUT2D eigenvalue weighted by molar-refractivity contribution is 7.80. The Labute approximate surface area is 91.8 Å². The van der Waals surface area contributed by atoms with Crippen molar-refractivity contribution in [2.75, 3.05) is 5.75 Å². The molecule has 5 heteroatoms. The van der Waals surface area contributed by atoms with Gasteiger partial charge in [-0.3, -0.25) is 0 Å². The van der Waals surface area contributed by atoms with Crippen molar-refractivity contribution >= 4 is 18.6 Å². The molecule has 0 bridgehead atoms. The SMILES string of the molecule is O=C(O)c1cc(C#CCCS)cnc1F. The van der Waals surface area contributed by atoms with Crippen molar-refractivity contribution in [1.82, 2.24) is 4.98 Å². The fraction of sp³-hybridized carbons (Fsp3) is 0.200. The van der Waals surface area contributed by atoms with Crippen LogP contribution >= 0.6 is 12.6 Å². The molecule has 0 spiro atoms. The number of nitrogens with zero attached hydrogens (tertiary/aromatic N) is 1. The Morgan fingerprint density at radius 1 is 1.67 bits per heavy atom. The zero-order chi connectivity index (χ0) is 11.3. The molecule has 0 aliphatic rings. The number of aromatic nitrogens is 1. The van der Waals surface area contributed by atoms with Gasteiger partial charge in [-0.1, -0.05) is 11.8 Å². The lowest BCUT2D eigenvalue weighted by molar-refractivity contribution is 0.0690. The van der Waals surface area contributed by atoms with E-state index in [4.69, 9.17) is 5.11 Å². The van der Waals surface area contributed by atoms with Crippen LogP contribution in [0.15, 0.2) is 12.3 Å². The molecule has 0 aliphatic heterocycles. The molecule has 0 amide bonds. The number of carbonyl (C=O) groups is 1. The second-order valence-electron chi connectivity index (χ2n) is 2.64. The van der Waals surface area contributed by atoms with Crippen molar-refractivity contribution in [2.45, 2.75) is 6.42 Å². The third-order valence-corrected chi connectivity index (χ3v) is 1.76. The zero-order valence-electron chi connectivity index (χ0n) is 7.70. The van der Waals surface area contributed by atoms with E-state index in [0.29, 0.717) is 17.7 Å². The lowest BCUT2D eigenvalue weighted by atomic mass is 10.2. The molecule has 0 fully saturated rings. The third-order valence-electron chi connectivity index (χ3n) is 1.54. The molecule has 0 aliphatic carbocycles. The van der Waals surface area contributed by atoms with E-state index in [1.807, 2.05) is 0 Å². The summed E-state index contributed by atoms with van der Waals surface area (Å²) >= 11 is 3.96. The largest absolute Gasteiger partial charge is 0.478 e. The maximum absolute atomic E-state index is 12.9. The average Bonchev–Trinajstić information content (AvgIpc) is 2.20. The van der Waals surface area contributed by atoms with Gasteiger partial charge in [-0.05, 0) is 6.07 Å². The molecule has 78 valence electrons. The molecular formula is C10H8FNO2S. The summed E-state index contributed by atoms with van der Waals surface area (Å²) in [7, 11) is 0. The van der Waals surface area contributed by atoms with Crippen molar-refractivity contribution in [1.29, 1.82) is 0 Å². The summed E-state index contributed by atoms with van der Waals surface area (Å²) < 4.78 is 12.9. The molecule has 0 unspecified atom stereocenters. The van der Waals surface area contributed by atoms with Crippen molar-refractivity contribution < 1.29 is 14.3 Å². The molecule has 1 N–H and O–H groups in total. The Bertz CT molecular complexity index is 437. The number of rotatable bonds is 2. The van der Waals surface area contributed by atoms with Crippen LogP contribution in [0.25, 0.3) is 0 Å². The summed E-state index contributed by atoms with van der Waals surface area (Å²) in [6.45, 7) is 0. The van der Waals surface area contributed by atoms with Gasteiger partial charge in [0.2, 0.25) is 5.95 Å². The van der Waals surface area contributed by atoms with Crippen LogP contribution in [0.5, 0.6) is 0 Å². The van der Waals surface area contributed by atoms with Crippen molar-refractivity contribution in [3.05, 3.63) is 29.3 Å². The molecule has 1 heterocycles. The van der Waals surface area contributed by atoms with Gasteiger partial charge in [0.1, 0.15) is 5.56 Å². The molecule has 0 saturated carbocycles. The van der Waals surface area contributed by atoms with Crippen LogP contribution < -0.4 is 0 Å². The van der Waals surface area contributed by atoms with Gasteiger partial charge in [0, 0.05) is 23.9 Å². The predicted octanol–water partition coefficient (Wildman–Crippen LogP) is 1.59. The number of pyridine rings is 1. The van der Waals surface area contributed by atoms with Crippen LogP contribution in [0.4, 0.5) is 4.39 Å². The van der Waals surface area contributed by atoms with Crippen LogP contribution in [0, 0.1) is 17.8 Å². The fourth-order valence-electron chi connectivity index (χ4n) is 0.887. The quantitative estimate of drug-likeness (QED) is 0.456. The Hall–Kier alpha value is -1.54. The van der Waals surface area contributed by atoms with E-state index in [0.717, 1.165) is 6.07 Å². The van der Waals surface area contributed by atoms with Gasteiger partial charge >= 0.3 is 5.97 Å². The monoisotopic (exact) mass is 225 g/mol. The van der Waals surface area contributed by atoms with E-state index in [2.05, 4.69) is 29.5 Å². The summed E-state index contributed by atoms with van der Waals surface area (Å²) in [4.78, 5) is 13.9. The molecule has 1 rings (SSSR count). The standard InChI is InChI=1S/C10H8FNO2S/c11-9-8(10(13)14)5-7(6-12-9)3-1-2-4-15/h5-6,15H,2,4H2,(H,13,14). The third kappa shape index (κ3) is 3.26. The van der Waals surface area contributed by atoms with Crippen LogP contribution in [-0.2, 0) is 0 Å². The Morgan fingerprint density at radius 3 is 3.00 bits per heavy atom. The highest BCUT2D eigenvalue weighted by atomic mass is 32.1. The van der Waals surface area contributed by atoms with E-state index in [-0.39, 0.29) is 0 Å². The van der Waals surface area contributed by atoms with Crippen LogP contribution in [0.1, 0.15) is 22.3 Å². The lowest BCUT2D eigenvalue weighted by Crippen LogP contribution is -2.03. The van der Waals surface area contributed by atoms with Crippen molar-refractivity contribution in [3.8, 4) is 11.8 Å². The Morgan fingerprint density at radius 2 is 2.40 bits per heavy atom.